The first-order valence-electron chi connectivity index (χ1n) is 3.88. The van der Waals surface area contributed by atoms with E-state index in [1.165, 1.54) is 0 Å². The number of halogens is 1. The number of hydrogen-bond acceptors (Lipinski definition) is 2. The Morgan fingerprint density at radius 1 is 1.08 bits per heavy atom. The van der Waals surface area contributed by atoms with Gasteiger partial charge in [-0.2, -0.15) is 0 Å². The molecule has 0 atom stereocenters. The van der Waals surface area contributed by atoms with Crippen molar-refractivity contribution in [3.05, 3.63) is 48.3 Å². The average Bonchev–Trinajstić information content (AvgIpc) is 2.81. The average molecular weight is 185 g/mol. The highest BCUT2D eigenvalue weighted by atomic mass is 19.0. The van der Waals surface area contributed by atoms with Crippen LogP contribution in [0.2, 0.25) is 0 Å². The Hall–Kier alpha value is -1.51. The van der Waals surface area contributed by atoms with Gasteiger partial charge in [-0.05, 0) is 24.3 Å². The van der Waals surface area contributed by atoms with Gasteiger partial charge in [-0.3, -0.25) is 4.72 Å². The van der Waals surface area contributed by atoms with Crippen molar-refractivity contribution in [2.45, 2.75) is 13.8 Å². The van der Waals surface area contributed by atoms with Crippen LogP contribution in [0.15, 0.2) is 45.6 Å². The van der Waals surface area contributed by atoms with Crippen LogP contribution in [-0.4, -0.2) is 1.45 Å². The van der Waals surface area contributed by atoms with Gasteiger partial charge in [0.2, 0.25) is 0 Å². The van der Waals surface area contributed by atoms with E-state index in [0.717, 1.165) is 17.9 Å². The minimum atomic E-state index is 0. The summed E-state index contributed by atoms with van der Waals surface area (Å²) >= 11 is 0. The van der Waals surface area contributed by atoms with Crippen LogP contribution in [-0.2, 0) is 6.42 Å². The van der Waals surface area contributed by atoms with E-state index in [4.69, 9.17) is 13.6 Å². The standard InChI is InChI=1S/C9H8O2.CH4.FH/c1-3-8(10-5-1)7-9-4-2-6-11-9;;/h1-6H,7H2;1H4;1H/i/hD. The minimum absolute atomic E-state index is 0. The highest BCUT2D eigenvalue weighted by molar-refractivity contribution is 5.09. The van der Waals surface area contributed by atoms with Crippen LogP contribution in [0.5, 0.6) is 0 Å². The maximum atomic E-state index is 8.75. The van der Waals surface area contributed by atoms with Crippen molar-refractivity contribution in [3.63, 3.8) is 0 Å². The van der Waals surface area contributed by atoms with Gasteiger partial charge >= 0.3 is 0 Å². The van der Waals surface area contributed by atoms with Crippen molar-refractivity contribution in [2.24, 2.45) is 0 Å². The zero-order valence-electron chi connectivity index (χ0n) is 7.37. The number of furan rings is 2. The lowest BCUT2D eigenvalue weighted by atomic mass is 10.3. The van der Waals surface area contributed by atoms with Crippen LogP contribution in [0.1, 0.15) is 18.9 Å². The molecule has 72 valence electrons. The van der Waals surface area contributed by atoms with Crippen molar-refractivity contribution >= 4 is 0 Å². The van der Waals surface area contributed by atoms with Gasteiger partial charge in [-0.25, -0.2) is 0 Å². The highest BCUT2D eigenvalue weighted by Crippen LogP contribution is 2.09. The molecule has 0 amide bonds. The first-order valence-corrected chi connectivity index (χ1v) is 3.50. The smallest absolute Gasteiger partial charge is 0.269 e. The maximum Gasteiger partial charge on any atom is 0.269 e. The molecule has 0 unspecified atom stereocenters. The molecule has 0 saturated carbocycles. The summed E-state index contributed by atoms with van der Waals surface area (Å²) in [5, 5.41) is 0. The molecule has 0 spiro atoms. The molecule has 0 aliphatic carbocycles. The third kappa shape index (κ3) is 2.78. The third-order valence-electron chi connectivity index (χ3n) is 1.51. The van der Waals surface area contributed by atoms with Crippen molar-refractivity contribution in [1.29, 1.82) is 1.45 Å². The van der Waals surface area contributed by atoms with E-state index in [1.807, 2.05) is 24.3 Å². The Labute approximate surface area is 78.1 Å². The summed E-state index contributed by atoms with van der Waals surface area (Å²) in [6.07, 6.45) is 4.07. The predicted octanol–water partition coefficient (Wildman–Crippen LogP) is 3.25. The van der Waals surface area contributed by atoms with Crippen molar-refractivity contribution in [2.75, 3.05) is 0 Å². The Morgan fingerprint density at radius 2 is 1.54 bits per heavy atom. The van der Waals surface area contributed by atoms with Gasteiger partial charge in [0.1, 0.15) is 11.5 Å². The van der Waals surface area contributed by atoms with Gasteiger partial charge in [0, 0.05) is 0 Å². The molecule has 2 rings (SSSR count). The molecule has 0 bridgehead atoms. The van der Waals surface area contributed by atoms with E-state index in [0.29, 0.717) is 0 Å². The molecule has 3 heteroatoms. The SMILES string of the molecule is C.[2H]F.c1coc(Cc2ccco2)c1. The van der Waals surface area contributed by atoms with Crippen LogP contribution in [0.4, 0.5) is 4.72 Å². The molecule has 2 aromatic heterocycles. The van der Waals surface area contributed by atoms with Gasteiger partial charge < -0.3 is 8.83 Å². The van der Waals surface area contributed by atoms with Crippen LogP contribution < -0.4 is 0 Å². The quantitative estimate of drug-likeness (QED) is 0.717. The molecule has 13 heavy (non-hydrogen) atoms. The summed E-state index contributed by atoms with van der Waals surface area (Å²) in [6, 6.07) is 7.61. The summed E-state index contributed by atoms with van der Waals surface area (Å²) < 4.78 is 23.3. The zero-order valence-corrected chi connectivity index (χ0v) is 6.37. The van der Waals surface area contributed by atoms with E-state index in [-0.39, 0.29) is 7.43 Å². The summed E-state index contributed by atoms with van der Waals surface area (Å²) in [4.78, 5) is 0. The first-order chi connectivity index (χ1) is 6.45. The van der Waals surface area contributed by atoms with Gasteiger partial charge in [-0.15, -0.1) is 0 Å². The molecule has 2 aromatic rings. The Kier molecular flexibility index (Phi) is 3.82. The summed E-state index contributed by atoms with van der Waals surface area (Å²) in [7, 11) is 0. The lowest BCUT2D eigenvalue weighted by Crippen LogP contribution is -1.79. The Bertz CT molecular complexity index is 270. The van der Waals surface area contributed by atoms with Gasteiger partial charge in [-0.1, -0.05) is 7.43 Å². The molecule has 0 aromatic carbocycles. The maximum absolute atomic E-state index is 8.75. The number of hydrogen-bond donors (Lipinski definition) is 0. The monoisotopic (exact) mass is 185 g/mol. The molecule has 0 fully saturated rings. The van der Waals surface area contributed by atoms with Gasteiger partial charge in [0.25, 0.3) is 1.45 Å². The summed E-state index contributed by atoms with van der Waals surface area (Å²) in [5.41, 5.74) is 0. The largest absolute Gasteiger partial charge is 0.469 e. The summed E-state index contributed by atoms with van der Waals surface area (Å²) in [6.45, 7) is 0. The highest BCUT2D eigenvalue weighted by Gasteiger charge is 1.99. The fraction of sp³-hybridized carbons (Fsp3) is 0.200. The van der Waals surface area contributed by atoms with E-state index in [1.54, 1.807) is 12.5 Å². The van der Waals surface area contributed by atoms with E-state index in [2.05, 4.69) is 1.45 Å². The van der Waals surface area contributed by atoms with E-state index in [9.17, 15) is 0 Å². The Morgan fingerprint density at radius 3 is 1.85 bits per heavy atom. The third-order valence-corrected chi connectivity index (χ3v) is 1.51. The number of rotatable bonds is 2. The normalized spacial score (nSPS) is 9.15. The lowest BCUT2D eigenvalue weighted by molar-refractivity contribution is 0.474. The second-order valence-corrected chi connectivity index (χ2v) is 2.34. The Balaban J connectivity index is 0.000000531. The molecule has 0 aliphatic rings. The van der Waals surface area contributed by atoms with Crippen LogP contribution >= 0.6 is 0 Å². The van der Waals surface area contributed by atoms with E-state index < -0.39 is 0 Å². The fourth-order valence-corrected chi connectivity index (χ4v) is 0.998. The second kappa shape index (κ2) is 5.19. The summed E-state index contributed by atoms with van der Waals surface area (Å²) in [5.74, 6) is 1.86. The molecular formula is C10H13FO2. The predicted molar refractivity (Wildman–Crippen MR) is 49.5 cm³/mol. The zero-order chi connectivity index (χ0) is 9.52. The molecule has 0 radical (unpaired) electrons. The van der Waals surface area contributed by atoms with Crippen LogP contribution in [0.3, 0.4) is 0 Å². The topological polar surface area (TPSA) is 26.3 Å². The molecule has 2 nitrogen and oxygen atoms in total. The molecule has 0 saturated heterocycles. The molecule has 0 N–H and O–H groups in total. The molecule has 2 heterocycles. The molecule has 0 aliphatic heterocycles. The van der Waals surface area contributed by atoms with Crippen molar-refractivity contribution < 1.29 is 13.6 Å². The minimum Gasteiger partial charge on any atom is -0.469 e. The lowest BCUT2D eigenvalue weighted by Gasteiger charge is -1.89. The van der Waals surface area contributed by atoms with E-state index >= 15 is 0 Å². The fourth-order valence-electron chi connectivity index (χ4n) is 0.998. The first kappa shape index (κ1) is 9.58. The van der Waals surface area contributed by atoms with Crippen molar-refractivity contribution in [1.82, 2.24) is 0 Å². The van der Waals surface area contributed by atoms with Crippen molar-refractivity contribution in [3.8, 4) is 0 Å². The molecular weight excluding hydrogens is 171 g/mol. The van der Waals surface area contributed by atoms with Gasteiger partial charge in [0.05, 0.1) is 18.9 Å². The van der Waals surface area contributed by atoms with Crippen LogP contribution in [0.25, 0.3) is 0 Å². The second-order valence-electron chi connectivity index (χ2n) is 2.34. The van der Waals surface area contributed by atoms with Crippen LogP contribution in [0, 0.1) is 0 Å². The van der Waals surface area contributed by atoms with Gasteiger partial charge in [0.15, 0.2) is 0 Å².